The number of ether oxygens (including phenoxy) is 1. The average Bonchev–Trinajstić information content (AvgIpc) is 2.13. The minimum atomic E-state index is -2.63. The summed E-state index contributed by atoms with van der Waals surface area (Å²) in [5.41, 5.74) is 5.13. The van der Waals surface area contributed by atoms with Gasteiger partial charge in [0.1, 0.15) is 12.4 Å². The fourth-order valence-electron chi connectivity index (χ4n) is 0.954. The SMILES string of the molecule is Nc1cc(OCC(F)F)cc([N+](=O)[O-])c1. The van der Waals surface area contributed by atoms with Gasteiger partial charge in [-0.2, -0.15) is 0 Å². The molecule has 1 rings (SSSR count). The number of alkyl halides is 2. The molecule has 0 radical (unpaired) electrons. The van der Waals surface area contributed by atoms with Crippen molar-refractivity contribution in [2.24, 2.45) is 0 Å². The lowest BCUT2D eigenvalue weighted by Gasteiger charge is -2.05. The molecule has 1 aromatic carbocycles. The van der Waals surface area contributed by atoms with Gasteiger partial charge in [0.25, 0.3) is 12.1 Å². The number of nitrogens with zero attached hydrogens (tertiary/aromatic N) is 1. The van der Waals surface area contributed by atoms with E-state index in [0.717, 1.165) is 12.1 Å². The van der Waals surface area contributed by atoms with Gasteiger partial charge in [-0.05, 0) is 0 Å². The van der Waals surface area contributed by atoms with Crippen LogP contribution in [0.3, 0.4) is 0 Å². The number of nitrogens with two attached hydrogens (primary N) is 1. The van der Waals surface area contributed by atoms with Crippen molar-refractivity contribution in [3.63, 3.8) is 0 Å². The Bertz CT molecular complexity index is 371. The van der Waals surface area contributed by atoms with E-state index in [4.69, 9.17) is 5.73 Å². The summed E-state index contributed by atoms with van der Waals surface area (Å²) in [4.78, 5) is 9.71. The van der Waals surface area contributed by atoms with Crippen LogP contribution < -0.4 is 10.5 Å². The van der Waals surface area contributed by atoms with E-state index in [-0.39, 0.29) is 17.1 Å². The second-order valence-electron chi connectivity index (χ2n) is 2.72. The lowest BCUT2D eigenvalue weighted by molar-refractivity contribution is -0.384. The maximum atomic E-state index is 11.8. The molecule has 0 saturated carbocycles. The molecule has 0 unspecified atom stereocenters. The summed E-state index contributed by atoms with van der Waals surface area (Å²) in [5, 5.41) is 10.4. The zero-order chi connectivity index (χ0) is 11.4. The van der Waals surface area contributed by atoms with E-state index < -0.39 is 18.0 Å². The minimum Gasteiger partial charge on any atom is -0.487 e. The van der Waals surface area contributed by atoms with Crippen LogP contribution in [0.1, 0.15) is 0 Å². The molecule has 5 nitrogen and oxygen atoms in total. The minimum absolute atomic E-state index is 0.0398. The van der Waals surface area contributed by atoms with Crippen LogP contribution in [0.5, 0.6) is 5.75 Å². The number of benzene rings is 1. The highest BCUT2D eigenvalue weighted by Crippen LogP contribution is 2.24. The summed E-state index contributed by atoms with van der Waals surface area (Å²) < 4.78 is 28.2. The second-order valence-corrected chi connectivity index (χ2v) is 2.72. The third kappa shape index (κ3) is 3.37. The lowest BCUT2D eigenvalue weighted by atomic mass is 10.2. The lowest BCUT2D eigenvalue weighted by Crippen LogP contribution is -2.07. The van der Waals surface area contributed by atoms with Crippen molar-refractivity contribution >= 4 is 11.4 Å². The number of rotatable bonds is 4. The molecular formula is C8H8F2N2O3. The van der Waals surface area contributed by atoms with Gasteiger partial charge in [-0.1, -0.05) is 0 Å². The predicted molar refractivity (Wildman–Crippen MR) is 49.0 cm³/mol. The van der Waals surface area contributed by atoms with Gasteiger partial charge in [-0.25, -0.2) is 8.78 Å². The van der Waals surface area contributed by atoms with Crippen LogP contribution in [0.15, 0.2) is 18.2 Å². The second kappa shape index (κ2) is 4.54. The van der Waals surface area contributed by atoms with Gasteiger partial charge in [0.05, 0.1) is 11.0 Å². The van der Waals surface area contributed by atoms with Crippen LogP contribution in [0.4, 0.5) is 20.2 Å². The molecule has 0 saturated heterocycles. The van der Waals surface area contributed by atoms with Crippen molar-refractivity contribution in [3.8, 4) is 5.75 Å². The third-order valence-corrected chi connectivity index (χ3v) is 1.50. The van der Waals surface area contributed by atoms with Crippen molar-refractivity contribution in [2.75, 3.05) is 12.3 Å². The summed E-state index contributed by atoms with van der Waals surface area (Å²) in [6.45, 7) is -0.819. The Balaban J connectivity index is 2.84. The molecule has 0 amide bonds. The first-order valence-electron chi connectivity index (χ1n) is 3.95. The molecule has 0 fully saturated rings. The van der Waals surface area contributed by atoms with E-state index in [1.807, 2.05) is 0 Å². The molecule has 0 spiro atoms. The molecule has 82 valence electrons. The van der Waals surface area contributed by atoms with E-state index in [1.165, 1.54) is 6.07 Å². The number of nitrogen functional groups attached to an aromatic ring is 1. The monoisotopic (exact) mass is 218 g/mol. The first kappa shape index (κ1) is 11.2. The molecule has 15 heavy (non-hydrogen) atoms. The average molecular weight is 218 g/mol. The number of hydrogen-bond acceptors (Lipinski definition) is 4. The van der Waals surface area contributed by atoms with Crippen LogP contribution in [-0.4, -0.2) is 18.0 Å². The normalized spacial score (nSPS) is 10.3. The van der Waals surface area contributed by atoms with Crippen LogP contribution in [-0.2, 0) is 0 Å². The Morgan fingerprint density at radius 2 is 2.13 bits per heavy atom. The summed E-state index contributed by atoms with van der Waals surface area (Å²) in [5.74, 6) is -0.0398. The van der Waals surface area contributed by atoms with Gasteiger partial charge in [-0.3, -0.25) is 10.1 Å². The van der Waals surface area contributed by atoms with E-state index in [0.29, 0.717) is 0 Å². The summed E-state index contributed by atoms with van der Waals surface area (Å²) in [7, 11) is 0. The topological polar surface area (TPSA) is 78.4 Å². The van der Waals surface area contributed by atoms with Crippen molar-refractivity contribution in [1.82, 2.24) is 0 Å². The molecule has 0 aliphatic rings. The Hall–Kier alpha value is -1.92. The zero-order valence-electron chi connectivity index (χ0n) is 7.52. The summed E-state index contributed by atoms with van der Waals surface area (Å²) in [6.07, 6.45) is -2.63. The van der Waals surface area contributed by atoms with Gasteiger partial charge in [0.2, 0.25) is 0 Å². The van der Waals surface area contributed by atoms with Gasteiger partial charge >= 0.3 is 0 Å². The highest BCUT2D eigenvalue weighted by molar-refractivity contribution is 5.53. The van der Waals surface area contributed by atoms with Crippen LogP contribution in [0.25, 0.3) is 0 Å². The smallest absolute Gasteiger partial charge is 0.275 e. The zero-order valence-corrected chi connectivity index (χ0v) is 7.52. The number of non-ortho nitro benzene ring substituents is 1. The number of nitro benzene ring substituents is 1. The molecule has 0 aliphatic carbocycles. The van der Waals surface area contributed by atoms with Crippen LogP contribution in [0.2, 0.25) is 0 Å². The first-order valence-corrected chi connectivity index (χ1v) is 3.95. The summed E-state index contributed by atoms with van der Waals surface area (Å²) >= 11 is 0. The van der Waals surface area contributed by atoms with E-state index in [1.54, 1.807) is 0 Å². The Labute approximate surface area is 83.6 Å². The third-order valence-electron chi connectivity index (χ3n) is 1.50. The largest absolute Gasteiger partial charge is 0.487 e. The van der Waals surface area contributed by atoms with Crippen LogP contribution in [0, 0.1) is 10.1 Å². The van der Waals surface area contributed by atoms with Gasteiger partial charge < -0.3 is 10.5 Å². The molecule has 2 N–H and O–H groups in total. The molecule has 7 heteroatoms. The van der Waals surface area contributed by atoms with Gasteiger partial charge in [0.15, 0.2) is 0 Å². The molecule has 0 heterocycles. The molecule has 0 bridgehead atoms. The predicted octanol–water partition coefficient (Wildman–Crippen LogP) is 1.82. The Morgan fingerprint density at radius 1 is 1.47 bits per heavy atom. The Kier molecular flexibility index (Phi) is 3.37. The molecule has 1 aromatic rings. The fourth-order valence-corrected chi connectivity index (χ4v) is 0.954. The van der Waals surface area contributed by atoms with E-state index >= 15 is 0 Å². The van der Waals surface area contributed by atoms with Crippen molar-refractivity contribution in [2.45, 2.75) is 6.43 Å². The quantitative estimate of drug-likeness (QED) is 0.475. The van der Waals surface area contributed by atoms with Gasteiger partial charge in [0, 0.05) is 17.8 Å². The van der Waals surface area contributed by atoms with E-state index in [9.17, 15) is 18.9 Å². The standard InChI is InChI=1S/C8H8F2N2O3/c9-8(10)4-15-7-2-5(11)1-6(3-7)12(13)14/h1-3,8H,4,11H2. The van der Waals surface area contributed by atoms with Crippen LogP contribution >= 0.6 is 0 Å². The number of halogens is 2. The Morgan fingerprint density at radius 3 is 2.67 bits per heavy atom. The molecule has 0 aliphatic heterocycles. The fraction of sp³-hybridized carbons (Fsp3) is 0.250. The highest BCUT2D eigenvalue weighted by Gasteiger charge is 2.10. The maximum Gasteiger partial charge on any atom is 0.275 e. The van der Waals surface area contributed by atoms with Crippen molar-refractivity contribution < 1.29 is 18.4 Å². The number of nitro groups is 1. The molecular weight excluding hydrogens is 210 g/mol. The first-order chi connectivity index (χ1) is 6.99. The number of hydrogen-bond donors (Lipinski definition) is 1. The van der Waals surface area contributed by atoms with Gasteiger partial charge in [-0.15, -0.1) is 0 Å². The van der Waals surface area contributed by atoms with Crippen molar-refractivity contribution in [1.29, 1.82) is 0 Å². The molecule has 0 aromatic heterocycles. The maximum absolute atomic E-state index is 11.8. The van der Waals surface area contributed by atoms with Crippen molar-refractivity contribution in [3.05, 3.63) is 28.3 Å². The molecule has 0 atom stereocenters. The number of anilines is 1. The summed E-state index contributed by atoms with van der Waals surface area (Å²) in [6, 6.07) is 3.41. The van der Waals surface area contributed by atoms with E-state index in [2.05, 4.69) is 4.74 Å². The highest BCUT2D eigenvalue weighted by atomic mass is 19.3.